The van der Waals surface area contributed by atoms with Gasteiger partial charge in [0.1, 0.15) is 11.5 Å². The molecule has 0 aliphatic heterocycles. The zero-order chi connectivity index (χ0) is 15.9. The highest BCUT2D eigenvalue weighted by atomic mass is 16.5. The lowest BCUT2D eigenvalue weighted by Crippen LogP contribution is -2.24. The van der Waals surface area contributed by atoms with Crippen molar-refractivity contribution in [3.05, 3.63) is 40.6 Å². The second kappa shape index (κ2) is 5.47. The van der Waals surface area contributed by atoms with E-state index in [2.05, 4.69) is 26.0 Å². The minimum atomic E-state index is -0.0244. The Morgan fingerprint density at radius 1 is 1.32 bits per heavy atom. The van der Waals surface area contributed by atoms with Gasteiger partial charge in [-0.15, -0.1) is 0 Å². The highest BCUT2D eigenvalue weighted by Gasteiger charge is 2.31. The predicted molar refractivity (Wildman–Crippen MR) is 87.3 cm³/mol. The largest absolute Gasteiger partial charge is 0.496 e. The Labute approximate surface area is 131 Å². The molecular formula is C19H24O3. The Bertz CT molecular complexity index is 695. The van der Waals surface area contributed by atoms with Crippen LogP contribution in [0.25, 0.3) is 11.3 Å². The van der Waals surface area contributed by atoms with E-state index in [1.54, 1.807) is 13.4 Å². The molecule has 0 fully saturated rings. The van der Waals surface area contributed by atoms with Gasteiger partial charge < -0.3 is 14.3 Å². The lowest BCUT2D eigenvalue weighted by Gasteiger charge is -2.34. The Hall–Kier alpha value is -1.74. The smallest absolute Gasteiger partial charge is 0.143 e. The lowest BCUT2D eigenvalue weighted by molar-refractivity contribution is 0.280. The number of aliphatic hydroxyl groups excluding tert-OH is 1. The monoisotopic (exact) mass is 300 g/mol. The first kappa shape index (κ1) is 15.2. The molecule has 118 valence electrons. The molecule has 0 amide bonds. The molecule has 3 heteroatoms. The van der Waals surface area contributed by atoms with Crippen LogP contribution in [0.3, 0.4) is 0 Å². The van der Waals surface area contributed by atoms with Crippen LogP contribution in [0.1, 0.15) is 48.9 Å². The summed E-state index contributed by atoms with van der Waals surface area (Å²) in [5, 5.41) is 9.63. The van der Waals surface area contributed by atoms with Crippen LogP contribution in [0.5, 0.6) is 5.75 Å². The van der Waals surface area contributed by atoms with Crippen molar-refractivity contribution in [1.29, 1.82) is 0 Å². The molecule has 2 aromatic rings. The van der Waals surface area contributed by atoms with E-state index in [-0.39, 0.29) is 12.0 Å². The SMILES string of the molecule is COc1c(-c2occ(C)c2CO)ccc2c1CCCC2(C)C. The Balaban J connectivity index is 2.22. The van der Waals surface area contributed by atoms with Crippen LogP contribution < -0.4 is 4.74 Å². The lowest BCUT2D eigenvalue weighted by atomic mass is 9.72. The quantitative estimate of drug-likeness (QED) is 0.915. The highest BCUT2D eigenvalue weighted by Crippen LogP contribution is 2.45. The van der Waals surface area contributed by atoms with Gasteiger partial charge in [-0.05, 0) is 54.4 Å². The van der Waals surface area contributed by atoms with E-state index in [1.807, 2.05) is 6.92 Å². The number of hydrogen-bond donors (Lipinski definition) is 1. The van der Waals surface area contributed by atoms with Gasteiger partial charge in [0.15, 0.2) is 0 Å². The summed E-state index contributed by atoms with van der Waals surface area (Å²) in [6.45, 7) is 6.51. The van der Waals surface area contributed by atoms with Crippen molar-refractivity contribution >= 4 is 0 Å². The summed E-state index contributed by atoms with van der Waals surface area (Å²) in [5.74, 6) is 1.62. The fourth-order valence-electron chi connectivity index (χ4n) is 3.66. The molecule has 0 bridgehead atoms. The molecular weight excluding hydrogens is 276 g/mol. The maximum atomic E-state index is 9.63. The van der Waals surface area contributed by atoms with Crippen molar-refractivity contribution in [2.75, 3.05) is 7.11 Å². The van der Waals surface area contributed by atoms with E-state index < -0.39 is 0 Å². The third-order valence-corrected chi connectivity index (χ3v) is 4.93. The van der Waals surface area contributed by atoms with E-state index >= 15 is 0 Å². The average molecular weight is 300 g/mol. The number of aryl methyl sites for hydroxylation is 1. The van der Waals surface area contributed by atoms with Crippen LogP contribution in [-0.4, -0.2) is 12.2 Å². The molecule has 3 nitrogen and oxygen atoms in total. The summed E-state index contributed by atoms with van der Waals surface area (Å²) >= 11 is 0. The van der Waals surface area contributed by atoms with Crippen molar-refractivity contribution in [2.24, 2.45) is 0 Å². The van der Waals surface area contributed by atoms with Crippen LogP contribution in [0.15, 0.2) is 22.8 Å². The average Bonchev–Trinajstić information content (AvgIpc) is 2.86. The second-order valence-electron chi connectivity index (χ2n) is 6.79. The maximum absolute atomic E-state index is 9.63. The van der Waals surface area contributed by atoms with Crippen LogP contribution in [0, 0.1) is 6.92 Å². The van der Waals surface area contributed by atoms with E-state index in [4.69, 9.17) is 9.15 Å². The first-order chi connectivity index (χ1) is 10.5. The van der Waals surface area contributed by atoms with Crippen LogP contribution in [-0.2, 0) is 18.4 Å². The number of rotatable bonds is 3. The molecule has 1 aromatic carbocycles. The molecule has 22 heavy (non-hydrogen) atoms. The van der Waals surface area contributed by atoms with Gasteiger partial charge in [-0.1, -0.05) is 19.9 Å². The molecule has 0 saturated carbocycles. The number of furan rings is 1. The molecule has 3 rings (SSSR count). The summed E-state index contributed by atoms with van der Waals surface area (Å²) in [6.07, 6.45) is 5.10. The first-order valence-electron chi connectivity index (χ1n) is 7.88. The molecule has 0 saturated heterocycles. The highest BCUT2D eigenvalue weighted by molar-refractivity contribution is 5.73. The minimum absolute atomic E-state index is 0.0244. The summed E-state index contributed by atoms with van der Waals surface area (Å²) in [6, 6.07) is 4.27. The zero-order valence-corrected chi connectivity index (χ0v) is 13.8. The van der Waals surface area contributed by atoms with Gasteiger partial charge >= 0.3 is 0 Å². The number of aliphatic hydroxyl groups is 1. The van der Waals surface area contributed by atoms with Crippen molar-refractivity contribution in [2.45, 2.75) is 52.1 Å². The van der Waals surface area contributed by atoms with E-state index in [9.17, 15) is 5.11 Å². The van der Waals surface area contributed by atoms with Crippen LogP contribution in [0.4, 0.5) is 0 Å². The minimum Gasteiger partial charge on any atom is -0.496 e. The molecule has 1 aromatic heterocycles. The van der Waals surface area contributed by atoms with Gasteiger partial charge in [-0.3, -0.25) is 0 Å². The standard InChI is InChI=1S/C19H24O3/c1-12-11-22-18(15(12)10-20)14-7-8-16-13(17(14)21-4)6-5-9-19(16,2)3/h7-8,11,20H,5-6,9-10H2,1-4H3. The van der Waals surface area contributed by atoms with E-state index in [1.165, 1.54) is 24.0 Å². The number of ether oxygens (including phenoxy) is 1. The molecule has 1 N–H and O–H groups in total. The van der Waals surface area contributed by atoms with Crippen molar-refractivity contribution in [1.82, 2.24) is 0 Å². The Morgan fingerprint density at radius 3 is 2.77 bits per heavy atom. The molecule has 0 atom stereocenters. The van der Waals surface area contributed by atoms with Crippen molar-refractivity contribution < 1.29 is 14.3 Å². The second-order valence-corrected chi connectivity index (χ2v) is 6.79. The van der Waals surface area contributed by atoms with E-state index in [0.717, 1.165) is 34.6 Å². The summed E-state index contributed by atoms with van der Waals surface area (Å²) in [4.78, 5) is 0. The zero-order valence-electron chi connectivity index (χ0n) is 13.8. The summed E-state index contributed by atoms with van der Waals surface area (Å²) in [5.41, 5.74) is 5.59. The van der Waals surface area contributed by atoms with Gasteiger partial charge in [0.05, 0.1) is 25.5 Å². The van der Waals surface area contributed by atoms with Crippen LogP contribution >= 0.6 is 0 Å². The fraction of sp³-hybridized carbons (Fsp3) is 0.474. The van der Waals surface area contributed by atoms with Crippen molar-refractivity contribution in [3.63, 3.8) is 0 Å². The maximum Gasteiger partial charge on any atom is 0.143 e. The Morgan fingerprint density at radius 2 is 2.09 bits per heavy atom. The van der Waals surface area contributed by atoms with Gasteiger partial charge in [0.2, 0.25) is 0 Å². The normalized spacial score (nSPS) is 16.4. The third kappa shape index (κ3) is 2.24. The Kier molecular flexibility index (Phi) is 3.77. The number of benzene rings is 1. The topological polar surface area (TPSA) is 42.6 Å². The molecule has 1 heterocycles. The fourth-order valence-corrected chi connectivity index (χ4v) is 3.66. The number of fused-ring (bicyclic) bond motifs is 1. The molecule has 0 radical (unpaired) electrons. The number of methoxy groups -OCH3 is 1. The van der Waals surface area contributed by atoms with Gasteiger partial charge in [0, 0.05) is 5.56 Å². The number of hydrogen-bond acceptors (Lipinski definition) is 3. The van der Waals surface area contributed by atoms with Crippen molar-refractivity contribution in [3.8, 4) is 17.1 Å². The van der Waals surface area contributed by atoms with E-state index in [0.29, 0.717) is 0 Å². The first-order valence-corrected chi connectivity index (χ1v) is 7.88. The summed E-state index contributed by atoms with van der Waals surface area (Å²) < 4.78 is 11.5. The third-order valence-electron chi connectivity index (χ3n) is 4.93. The summed E-state index contributed by atoms with van der Waals surface area (Å²) in [7, 11) is 1.72. The van der Waals surface area contributed by atoms with Gasteiger partial charge in [-0.25, -0.2) is 0 Å². The molecule has 1 aliphatic carbocycles. The molecule has 0 spiro atoms. The van der Waals surface area contributed by atoms with Gasteiger partial charge in [-0.2, -0.15) is 0 Å². The molecule has 1 aliphatic rings. The van der Waals surface area contributed by atoms with Gasteiger partial charge in [0.25, 0.3) is 0 Å². The van der Waals surface area contributed by atoms with Crippen LogP contribution in [0.2, 0.25) is 0 Å². The predicted octanol–water partition coefficient (Wildman–Crippen LogP) is 4.37. The molecule has 0 unspecified atom stereocenters.